The lowest BCUT2D eigenvalue weighted by Gasteiger charge is -2.37. The first-order chi connectivity index (χ1) is 15.5. The lowest BCUT2D eigenvalue weighted by atomic mass is 10.0. The van der Waals surface area contributed by atoms with Gasteiger partial charge in [-0.1, -0.05) is 18.8 Å². The molecule has 0 saturated carbocycles. The van der Waals surface area contributed by atoms with Crippen molar-refractivity contribution in [2.24, 2.45) is 5.92 Å². The minimum Gasteiger partial charge on any atom is -0.487 e. The molecule has 2 rings (SSSR count). The molecule has 1 amide bonds. The van der Waals surface area contributed by atoms with Crippen LogP contribution in [0.5, 0.6) is 5.75 Å². The number of nitrogens with zero attached hydrogens (tertiary/aromatic N) is 3. The van der Waals surface area contributed by atoms with Gasteiger partial charge in [0, 0.05) is 38.2 Å². The van der Waals surface area contributed by atoms with E-state index in [1.54, 1.807) is 26.1 Å². The van der Waals surface area contributed by atoms with Crippen molar-refractivity contribution < 1.29 is 27.8 Å². The predicted molar refractivity (Wildman–Crippen MR) is 125 cm³/mol. The third kappa shape index (κ3) is 6.91. The van der Waals surface area contributed by atoms with Crippen molar-refractivity contribution in [3.05, 3.63) is 23.8 Å². The Morgan fingerprint density at radius 1 is 1.36 bits per heavy atom. The molecule has 1 aliphatic heterocycles. The first-order valence-corrected chi connectivity index (χ1v) is 12.2. The van der Waals surface area contributed by atoms with Crippen molar-refractivity contribution in [3.8, 4) is 17.6 Å². The van der Waals surface area contributed by atoms with Crippen LogP contribution in [0.1, 0.15) is 19.4 Å². The fourth-order valence-corrected chi connectivity index (χ4v) is 5.25. The van der Waals surface area contributed by atoms with Gasteiger partial charge in [-0.05, 0) is 39.2 Å². The van der Waals surface area contributed by atoms with E-state index < -0.39 is 22.2 Å². The first kappa shape index (κ1) is 27.1. The number of amides is 1. The minimum atomic E-state index is -3.92. The summed E-state index contributed by atoms with van der Waals surface area (Å²) >= 11 is 0. The zero-order chi connectivity index (χ0) is 24.8. The van der Waals surface area contributed by atoms with Gasteiger partial charge in [0.1, 0.15) is 23.4 Å². The Balaban J connectivity index is 2.52. The Bertz CT molecular complexity index is 986. The normalized spacial score (nSPS) is 21.1. The Kier molecular flexibility index (Phi) is 9.70. The maximum Gasteiger partial charge on any atom is 0.248 e. The third-order valence-corrected chi connectivity index (χ3v) is 7.46. The Morgan fingerprint density at radius 2 is 2.06 bits per heavy atom. The van der Waals surface area contributed by atoms with Gasteiger partial charge in [-0.25, -0.2) is 8.42 Å². The van der Waals surface area contributed by atoms with Gasteiger partial charge in [-0.2, -0.15) is 4.31 Å². The highest BCUT2D eigenvalue weighted by Gasteiger charge is 2.38. The molecule has 1 N–H and O–H groups in total. The highest BCUT2D eigenvalue weighted by atomic mass is 32.2. The lowest BCUT2D eigenvalue weighted by Crippen LogP contribution is -2.50. The van der Waals surface area contributed by atoms with Gasteiger partial charge in [0.15, 0.2) is 0 Å². The molecule has 1 aliphatic rings. The van der Waals surface area contributed by atoms with E-state index in [2.05, 4.69) is 11.8 Å². The molecule has 0 aliphatic carbocycles. The highest BCUT2D eigenvalue weighted by molar-refractivity contribution is 7.89. The standard InChI is InChI=1S/C23H35N3O6S/c1-17-13-26(18(2)15-27)33(29,30)22-10-9-19(8-7-11-24(3)4)12-20(22)32-21(17)14-25(5)23(28)16-31-6/h9-10,12,17-18,21,27H,11,13-16H2,1-6H3/t17-,18-,21-/m1/s1. The maximum absolute atomic E-state index is 13.5. The predicted octanol–water partition coefficient (Wildman–Crippen LogP) is 0.473. The maximum atomic E-state index is 13.5. The number of carbonyl (C=O) groups excluding carboxylic acids is 1. The van der Waals surface area contributed by atoms with Crippen LogP contribution < -0.4 is 4.74 Å². The fourth-order valence-electron chi connectivity index (χ4n) is 3.43. The molecule has 1 aromatic rings. The summed E-state index contributed by atoms with van der Waals surface area (Å²) in [5, 5.41) is 9.72. The zero-order valence-corrected chi connectivity index (χ0v) is 21.1. The molecule has 33 heavy (non-hydrogen) atoms. The molecule has 1 aromatic carbocycles. The van der Waals surface area contributed by atoms with Crippen LogP contribution in [0.25, 0.3) is 0 Å². The van der Waals surface area contributed by atoms with E-state index in [1.807, 2.05) is 25.9 Å². The van der Waals surface area contributed by atoms with Crippen LogP contribution in [-0.2, 0) is 19.6 Å². The summed E-state index contributed by atoms with van der Waals surface area (Å²) in [5.74, 6) is 5.79. The summed E-state index contributed by atoms with van der Waals surface area (Å²) in [6.45, 7) is 4.12. The Labute approximate surface area is 197 Å². The molecule has 0 bridgehead atoms. The monoisotopic (exact) mass is 481 g/mol. The second-order valence-corrected chi connectivity index (χ2v) is 10.5. The lowest BCUT2D eigenvalue weighted by molar-refractivity contribution is -0.135. The van der Waals surface area contributed by atoms with Crippen LogP contribution in [0, 0.1) is 17.8 Å². The van der Waals surface area contributed by atoms with Crippen molar-refractivity contribution in [1.82, 2.24) is 14.1 Å². The molecular weight excluding hydrogens is 446 g/mol. The summed E-state index contributed by atoms with van der Waals surface area (Å²) in [5.41, 5.74) is 0.628. The number of hydrogen-bond donors (Lipinski definition) is 1. The quantitative estimate of drug-likeness (QED) is 0.565. The van der Waals surface area contributed by atoms with E-state index in [0.717, 1.165) is 0 Å². The van der Waals surface area contributed by atoms with E-state index in [0.29, 0.717) is 12.1 Å². The van der Waals surface area contributed by atoms with Crippen molar-refractivity contribution in [2.75, 3.05) is 61.1 Å². The summed E-state index contributed by atoms with van der Waals surface area (Å²) in [6, 6.07) is 4.16. The second-order valence-electron chi connectivity index (χ2n) is 8.65. The Hall–Kier alpha value is -2.16. The van der Waals surface area contributed by atoms with Gasteiger partial charge in [-0.15, -0.1) is 0 Å². The van der Waals surface area contributed by atoms with Crippen molar-refractivity contribution in [1.29, 1.82) is 0 Å². The van der Waals surface area contributed by atoms with E-state index in [1.165, 1.54) is 22.4 Å². The van der Waals surface area contributed by atoms with Crippen LogP contribution >= 0.6 is 0 Å². The van der Waals surface area contributed by atoms with Crippen LogP contribution in [0.4, 0.5) is 0 Å². The number of sulfonamides is 1. The largest absolute Gasteiger partial charge is 0.487 e. The minimum absolute atomic E-state index is 0.0173. The number of hydrogen-bond acceptors (Lipinski definition) is 7. The average Bonchev–Trinajstić information content (AvgIpc) is 2.75. The van der Waals surface area contributed by atoms with Gasteiger partial charge in [0.05, 0.1) is 19.7 Å². The SMILES string of the molecule is COCC(=O)N(C)C[C@H]1Oc2cc(C#CCN(C)C)ccc2S(=O)(=O)N([C@H](C)CO)C[C@H]1C. The first-order valence-electron chi connectivity index (χ1n) is 10.8. The van der Waals surface area contributed by atoms with Crippen LogP contribution in [-0.4, -0.2) is 107 Å². The fraction of sp³-hybridized carbons (Fsp3) is 0.609. The van der Waals surface area contributed by atoms with Gasteiger partial charge >= 0.3 is 0 Å². The summed E-state index contributed by atoms with van der Waals surface area (Å²) in [6.07, 6.45) is -0.483. The number of fused-ring (bicyclic) bond motifs is 1. The summed E-state index contributed by atoms with van der Waals surface area (Å²) in [4.78, 5) is 15.7. The number of carbonyl (C=O) groups is 1. The van der Waals surface area contributed by atoms with E-state index >= 15 is 0 Å². The van der Waals surface area contributed by atoms with E-state index in [9.17, 15) is 18.3 Å². The number of rotatable bonds is 7. The topological polar surface area (TPSA) is 99.6 Å². The zero-order valence-electron chi connectivity index (χ0n) is 20.2. The van der Waals surface area contributed by atoms with Crippen molar-refractivity contribution >= 4 is 15.9 Å². The van der Waals surface area contributed by atoms with Gasteiger partial charge in [0.25, 0.3) is 0 Å². The molecule has 0 fully saturated rings. The molecule has 0 radical (unpaired) electrons. The van der Waals surface area contributed by atoms with Crippen LogP contribution in [0.3, 0.4) is 0 Å². The molecular formula is C23H35N3O6S. The summed E-state index contributed by atoms with van der Waals surface area (Å²) in [7, 11) is 3.01. The highest BCUT2D eigenvalue weighted by Crippen LogP contribution is 2.34. The van der Waals surface area contributed by atoms with Crippen LogP contribution in [0.2, 0.25) is 0 Å². The van der Waals surface area contributed by atoms with Crippen molar-refractivity contribution in [2.45, 2.75) is 30.9 Å². The molecule has 10 heteroatoms. The van der Waals surface area contributed by atoms with Crippen LogP contribution in [0.15, 0.2) is 23.1 Å². The number of likely N-dealkylation sites (N-methyl/N-ethyl adjacent to an activating group) is 1. The van der Waals surface area contributed by atoms with Gasteiger partial charge in [-0.3, -0.25) is 9.69 Å². The average molecular weight is 482 g/mol. The Morgan fingerprint density at radius 3 is 2.67 bits per heavy atom. The molecule has 0 unspecified atom stereocenters. The molecule has 3 atom stereocenters. The van der Waals surface area contributed by atoms with Gasteiger partial charge < -0.3 is 19.5 Å². The van der Waals surface area contributed by atoms with Gasteiger partial charge in [0.2, 0.25) is 15.9 Å². The number of methoxy groups -OCH3 is 1. The molecule has 9 nitrogen and oxygen atoms in total. The van der Waals surface area contributed by atoms with E-state index in [-0.39, 0.29) is 48.8 Å². The number of aliphatic hydroxyl groups excluding tert-OH is 1. The smallest absolute Gasteiger partial charge is 0.248 e. The number of ether oxygens (including phenoxy) is 2. The second kappa shape index (κ2) is 11.8. The number of benzene rings is 1. The summed E-state index contributed by atoms with van der Waals surface area (Å²) < 4.78 is 39.4. The molecule has 184 valence electrons. The van der Waals surface area contributed by atoms with E-state index in [4.69, 9.17) is 9.47 Å². The number of aliphatic hydroxyl groups is 1. The molecule has 1 heterocycles. The third-order valence-electron chi connectivity index (χ3n) is 5.44. The van der Waals surface area contributed by atoms with Crippen molar-refractivity contribution in [3.63, 3.8) is 0 Å². The molecule has 0 aromatic heterocycles. The molecule has 0 spiro atoms. The molecule has 0 saturated heterocycles.